The molecule has 3 rings (SSSR count). The van der Waals surface area contributed by atoms with Crippen LogP contribution in [0, 0.1) is 0 Å². The summed E-state index contributed by atoms with van der Waals surface area (Å²) in [6.07, 6.45) is 0. The molecule has 0 bridgehead atoms. The van der Waals surface area contributed by atoms with E-state index in [1.807, 2.05) is 18.2 Å². The number of para-hydroxylation sites is 1. The minimum Gasteiger partial charge on any atom is -0.496 e. The van der Waals surface area contributed by atoms with E-state index in [9.17, 15) is 9.59 Å². The van der Waals surface area contributed by atoms with Crippen LogP contribution in [-0.2, 0) is 6.54 Å². The Morgan fingerprint density at radius 3 is 2.26 bits per heavy atom. The van der Waals surface area contributed by atoms with Gasteiger partial charge in [-0.05, 0) is 48.5 Å². The Hall–Kier alpha value is -2.87. The fourth-order valence-corrected chi connectivity index (χ4v) is 3.54. The van der Waals surface area contributed by atoms with Crippen LogP contribution in [0.4, 0.5) is 16.2 Å². The Morgan fingerprint density at radius 2 is 1.61 bits per heavy atom. The molecule has 0 spiro atoms. The van der Waals surface area contributed by atoms with Gasteiger partial charge in [-0.1, -0.05) is 54.2 Å². The number of nitrogens with one attached hydrogen (secondary N) is 2. The highest BCUT2D eigenvalue weighted by Crippen LogP contribution is 2.25. The van der Waals surface area contributed by atoms with Crippen LogP contribution in [0.1, 0.15) is 15.9 Å². The summed E-state index contributed by atoms with van der Waals surface area (Å²) >= 11 is 16.2. The van der Waals surface area contributed by atoms with E-state index in [-0.39, 0.29) is 12.5 Å². The van der Waals surface area contributed by atoms with Crippen LogP contribution in [-0.4, -0.2) is 23.4 Å². The summed E-state index contributed by atoms with van der Waals surface area (Å²) in [6.45, 7) is 0.0822. The lowest BCUT2D eigenvalue weighted by molar-refractivity contribution is 0.102. The van der Waals surface area contributed by atoms with E-state index in [4.69, 9.17) is 27.9 Å². The number of thiol groups is 1. The molecule has 9 heteroatoms. The van der Waals surface area contributed by atoms with E-state index in [0.29, 0.717) is 38.3 Å². The third-order valence-electron chi connectivity index (χ3n) is 4.24. The van der Waals surface area contributed by atoms with E-state index < -0.39 is 6.03 Å². The molecule has 0 radical (unpaired) electrons. The Balaban J connectivity index is 1.73. The van der Waals surface area contributed by atoms with Gasteiger partial charge in [0.15, 0.2) is 0 Å². The van der Waals surface area contributed by atoms with Gasteiger partial charge in [0.2, 0.25) is 0 Å². The van der Waals surface area contributed by atoms with Crippen molar-refractivity contribution in [2.45, 2.75) is 6.54 Å². The second-order valence-corrected chi connectivity index (χ2v) is 7.85. The average Bonchev–Trinajstić information content (AvgIpc) is 2.73. The first-order valence-corrected chi connectivity index (χ1v) is 10.3. The molecular formula is C22H19Cl2N3O3S. The van der Waals surface area contributed by atoms with Gasteiger partial charge >= 0.3 is 6.03 Å². The van der Waals surface area contributed by atoms with Crippen molar-refractivity contribution in [3.8, 4) is 5.75 Å². The number of methoxy groups -OCH3 is 1. The number of amides is 3. The first-order chi connectivity index (χ1) is 14.9. The highest BCUT2D eigenvalue weighted by molar-refractivity contribution is 7.78. The van der Waals surface area contributed by atoms with Gasteiger partial charge in [-0.25, -0.2) is 4.79 Å². The predicted octanol–water partition coefficient (Wildman–Crippen LogP) is 6.13. The summed E-state index contributed by atoms with van der Waals surface area (Å²) in [5, 5.41) is 6.29. The fraction of sp³-hybridized carbons (Fsp3) is 0.0909. The summed E-state index contributed by atoms with van der Waals surface area (Å²) < 4.78 is 6.53. The molecule has 0 aliphatic carbocycles. The minimum atomic E-state index is -0.497. The van der Waals surface area contributed by atoms with Crippen molar-refractivity contribution in [3.63, 3.8) is 0 Å². The van der Waals surface area contributed by atoms with Crippen molar-refractivity contribution in [1.82, 2.24) is 4.31 Å². The Labute approximate surface area is 195 Å². The largest absolute Gasteiger partial charge is 0.496 e. The van der Waals surface area contributed by atoms with Crippen LogP contribution in [0.5, 0.6) is 5.75 Å². The van der Waals surface area contributed by atoms with Crippen LogP contribution in [0.3, 0.4) is 0 Å². The normalized spacial score (nSPS) is 10.3. The first-order valence-electron chi connectivity index (χ1n) is 9.12. The number of hydrogen-bond acceptors (Lipinski definition) is 4. The average molecular weight is 476 g/mol. The molecule has 0 fully saturated rings. The number of urea groups is 1. The lowest BCUT2D eigenvalue weighted by atomic mass is 10.1. The van der Waals surface area contributed by atoms with Crippen LogP contribution in [0.15, 0.2) is 66.7 Å². The maximum atomic E-state index is 12.6. The van der Waals surface area contributed by atoms with Gasteiger partial charge in [0.25, 0.3) is 5.91 Å². The number of hydrogen-bond donors (Lipinski definition) is 3. The second-order valence-electron chi connectivity index (χ2n) is 6.49. The van der Waals surface area contributed by atoms with Crippen molar-refractivity contribution in [2.75, 3.05) is 17.7 Å². The van der Waals surface area contributed by atoms with E-state index in [1.165, 1.54) is 7.11 Å². The van der Waals surface area contributed by atoms with Crippen molar-refractivity contribution >= 4 is 59.3 Å². The van der Waals surface area contributed by atoms with E-state index in [0.717, 1.165) is 4.31 Å². The molecule has 2 N–H and O–H groups in total. The van der Waals surface area contributed by atoms with Gasteiger partial charge in [-0.3, -0.25) is 9.10 Å². The number of benzene rings is 3. The quantitative estimate of drug-likeness (QED) is 0.375. The van der Waals surface area contributed by atoms with E-state index in [2.05, 4.69) is 23.4 Å². The zero-order valence-corrected chi connectivity index (χ0v) is 18.8. The second kappa shape index (κ2) is 10.4. The molecule has 0 aliphatic heterocycles. The number of nitrogens with zero attached hydrogens (tertiary/aromatic N) is 1. The Bertz CT molecular complexity index is 1080. The molecule has 160 valence electrons. The molecule has 6 nitrogen and oxygen atoms in total. The highest BCUT2D eigenvalue weighted by Gasteiger charge is 2.16. The molecule has 0 saturated carbocycles. The number of anilines is 2. The van der Waals surface area contributed by atoms with Crippen LogP contribution in [0.2, 0.25) is 10.0 Å². The molecule has 0 unspecified atom stereocenters. The molecule has 0 saturated heterocycles. The molecule has 0 aromatic heterocycles. The Morgan fingerprint density at radius 1 is 0.935 bits per heavy atom. The predicted molar refractivity (Wildman–Crippen MR) is 127 cm³/mol. The van der Waals surface area contributed by atoms with Crippen molar-refractivity contribution < 1.29 is 14.3 Å². The van der Waals surface area contributed by atoms with Crippen molar-refractivity contribution in [3.05, 3.63) is 87.9 Å². The summed E-state index contributed by atoms with van der Waals surface area (Å²) in [7, 11) is 1.51. The Kier molecular flexibility index (Phi) is 7.68. The smallest absolute Gasteiger partial charge is 0.331 e. The van der Waals surface area contributed by atoms with Crippen molar-refractivity contribution in [2.24, 2.45) is 0 Å². The zero-order valence-electron chi connectivity index (χ0n) is 16.4. The van der Waals surface area contributed by atoms with Crippen LogP contribution in [0.25, 0.3) is 0 Å². The molecular weight excluding hydrogens is 457 g/mol. The summed E-state index contributed by atoms with van der Waals surface area (Å²) in [5.74, 6) is 0.243. The molecule has 0 atom stereocenters. The van der Waals surface area contributed by atoms with Gasteiger partial charge < -0.3 is 15.4 Å². The van der Waals surface area contributed by atoms with E-state index >= 15 is 0 Å². The zero-order chi connectivity index (χ0) is 22.4. The maximum absolute atomic E-state index is 12.6. The SMILES string of the molecule is COc1ccc(C(=O)Nc2ccccc2)cc1CN(S)C(=O)Nc1cc(Cl)cc(Cl)c1. The van der Waals surface area contributed by atoms with Gasteiger partial charge in [-0.15, -0.1) is 0 Å². The molecule has 3 amide bonds. The number of halogens is 2. The van der Waals surface area contributed by atoms with Crippen LogP contribution < -0.4 is 15.4 Å². The molecule has 0 aliphatic rings. The third kappa shape index (κ3) is 6.30. The minimum absolute atomic E-state index is 0.0822. The van der Waals surface area contributed by atoms with Gasteiger partial charge in [0.05, 0.1) is 13.7 Å². The molecule has 3 aromatic rings. The number of ether oxygens (including phenoxy) is 1. The lowest BCUT2D eigenvalue weighted by Crippen LogP contribution is -2.27. The molecule has 31 heavy (non-hydrogen) atoms. The first kappa shape index (κ1) is 22.8. The van der Waals surface area contributed by atoms with E-state index in [1.54, 1.807) is 48.5 Å². The summed E-state index contributed by atoms with van der Waals surface area (Å²) in [4.78, 5) is 25.1. The lowest BCUT2D eigenvalue weighted by Gasteiger charge is -2.19. The standard InChI is InChI=1S/C22H19Cl2N3O3S/c1-30-20-8-7-14(21(28)25-18-5-3-2-4-6-18)9-15(20)13-27(31)22(29)26-19-11-16(23)10-17(24)12-19/h2-12,31H,13H2,1H3,(H,25,28)(H,26,29). The molecule has 3 aromatic carbocycles. The monoisotopic (exact) mass is 475 g/mol. The number of rotatable bonds is 6. The maximum Gasteiger partial charge on any atom is 0.331 e. The van der Waals surface area contributed by atoms with Gasteiger partial charge in [-0.2, -0.15) is 0 Å². The number of carbonyl (C=O) groups excluding carboxylic acids is 2. The molecule has 0 heterocycles. The summed E-state index contributed by atoms with van der Waals surface area (Å²) in [6, 6.07) is 18.3. The summed E-state index contributed by atoms with van der Waals surface area (Å²) in [5.41, 5.74) is 2.14. The number of carbonyl (C=O) groups is 2. The third-order valence-corrected chi connectivity index (χ3v) is 5.00. The van der Waals surface area contributed by atoms with Crippen molar-refractivity contribution in [1.29, 1.82) is 0 Å². The van der Waals surface area contributed by atoms with Crippen LogP contribution >= 0.6 is 36.0 Å². The fourth-order valence-electron chi connectivity index (χ4n) is 2.82. The topological polar surface area (TPSA) is 70.7 Å². The van der Waals surface area contributed by atoms with Gasteiger partial charge in [0.1, 0.15) is 5.75 Å². The highest BCUT2D eigenvalue weighted by atomic mass is 35.5. The van der Waals surface area contributed by atoms with Gasteiger partial charge in [0, 0.05) is 32.5 Å².